The molecule has 0 unspecified atom stereocenters. The number of amides is 2. The van der Waals surface area contributed by atoms with Crippen molar-refractivity contribution in [2.45, 2.75) is 6.18 Å². The summed E-state index contributed by atoms with van der Waals surface area (Å²) in [6.07, 6.45) is -4.68. The van der Waals surface area contributed by atoms with E-state index in [0.29, 0.717) is 9.37 Å². The highest BCUT2D eigenvalue weighted by molar-refractivity contribution is 9.10. The number of alkyl halides is 3. The molecule has 0 saturated carbocycles. The molecule has 2 amide bonds. The van der Waals surface area contributed by atoms with Gasteiger partial charge in [-0.05, 0) is 30.3 Å². The third-order valence-corrected chi connectivity index (χ3v) is 3.79. The second kappa shape index (κ2) is 4.95. The Hall–Kier alpha value is -2.15. The van der Waals surface area contributed by atoms with E-state index in [1.807, 2.05) is 0 Å². The quantitative estimate of drug-likeness (QED) is 0.704. The molecule has 0 aliphatic carbocycles. The van der Waals surface area contributed by atoms with Crippen molar-refractivity contribution in [2.75, 3.05) is 4.90 Å². The molecule has 0 atom stereocenters. The number of carbonyl (C=O) groups is 2. The van der Waals surface area contributed by atoms with E-state index in [0.717, 1.165) is 12.1 Å². The summed E-state index contributed by atoms with van der Waals surface area (Å²) in [7, 11) is 0. The Morgan fingerprint density at radius 2 is 1.45 bits per heavy atom. The summed E-state index contributed by atoms with van der Waals surface area (Å²) in [5, 5.41) is 0. The van der Waals surface area contributed by atoms with Gasteiger partial charge in [-0.25, -0.2) is 4.90 Å². The second-order valence-corrected chi connectivity index (χ2v) is 5.57. The predicted molar refractivity (Wildman–Crippen MR) is 76.7 cm³/mol. The van der Waals surface area contributed by atoms with Gasteiger partial charge in [0.05, 0.1) is 22.4 Å². The van der Waals surface area contributed by atoms with E-state index >= 15 is 0 Å². The normalized spacial score (nSPS) is 14.5. The van der Waals surface area contributed by atoms with Crippen LogP contribution in [0.3, 0.4) is 0 Å². The number of hydrogen-bond donors (Lipinski definition) is 0. The maximum atomic E-state index is 13.2. The summed E-state index contributed by atoms with van der Waals surface area (Å²) in [4.78, 5) is 25.2. The molecule has 2 aromatic rings. The van der Waals surface area contributed by atoms with E-state index in [4.69, 9.17) is 0 Å². The van der Waals surface area contributed by atoms with Crippen molar-refractivity contribution in [3.8, 4) is 0 Å². The van der Waals surface area contributed by atoms with Crippen LogP contribution in [-0.4, -0.2) is 11.8 Å². The lowest BCUT2D eigenvalue weighted by atomic mass is 10.1. The first-order chi connectivity index (χ1) is 10.3. The Kier molecular flexibility index (Phi) is 3.32. The molecule has 3 rings (SSSR count). The molecule has 0 aromatic heterocycles. The first-order valence-electron chi connectivity index (χ1n) is 6.15. The van der Waals surface area contributed by atoms with Crippen molar-refractivity contribution in [1.82, 2.24) is 0 Å². The average Bonchev–Trinajstić information content (AvgIpc) is 2.70. The lowest BCUT2D eigenvalue weighted by Crippen LogP contribution is -2.31. The Bertz CT molecular complexity index is 767. The van der Waals surface area contributed by atoms with Crippen LogP contribution in [0.15, 0.2) is 46.9 Å². The average molecular weight is 370 g/mol. The first-order valence-corrected chi connectivity index (χ1v) is 6.94. The molecule has 0 bridgehead atoms. The molecule has 0 fully saturated rings. The van der Waals surface area contributed by atoms with Gasteiger partial charge >= 0.3 is 6.18 Å². The Morgan fingerprint density at radius 3 is 1.95 bits per heavy atom. The molecule has 112 valence electrons. The van der Waals surface area contributed by atoms with Gasteiger partial charge in [-0.15, -0.1) is 0 Å². The molecule has 1 heterocycles. The summed E-state index contributed by atoms with van der Waals surface area (Å²) in [5.74, 6) is -1.52. The van der Waals surface area contributed by atoms with Gasteiger partial charge in [0.2, 0.25) is 0 Å². The Labute approximate surface area is 131 Å². The molecule has 0 saturated heterocycles. The maximum Gasteiger partial charge on any atom is 0.418 e. The molecule has 22 heavy (non-hydrogen) atoms. The number of rotatable bonds is 1. The van der Waals surface area contributed by atoms with Gasteiger partial charge in [0.1, 0.15) is 0 Å². The fraction of sp³-hybridized carbons (Fsp3) is 0.0667. The van der Waals surface area contributed by atoms with Gasteiger partial charge in [0.15, 0.2) is 0 Å². The van der Waals surface area contributed by atoms with E-state index in [-0.39, 0.29) is 11.1 Å². The van der Waals surface area contributed by atoms with Gasteiger partial charge < -0.3 is 0 Å². The molecular weight excluding hydrogens is 363 g/mol. The molecule has 1 aliphatic rings. The smallest absolute Gasteiger partial charge is 0.268 e. The molecule has 2 aromatic carbocycles. The predicted octanol–water partition coefficient (Wildman–Crippen LogP) is 4.27. The SMILES string of the molecule is O=C1c2ccccc2C(=O)N1c1cc(Br)ccc1C(F)(F)F. The van der Waals surface area contributed by atoms with E-state index in [1.54, 1.807) is 12.1 Å². The minimum atomic E-state index is -4.68. The fourth-order valence-corrected chi connectivity index (χ4v) is 2.69. The second-order valence-electron chi connectivity index (χ2n) is 4.65. The summed E-state index contributed by atoms with van der Waals surface area (Å²) in [5.41, 5.74) is -1.32. The van der Waals surface area contributed by atoms with E-state index in [1.165, 1.54) is 18.2 Å². The van der Waals surface area contributed by atoms with Crippen molar-refractivity contribution >= 4 is 33.4 Å². The van der Waals surface area contributed by atoms with E-state index in [9.17, 15) is 22.8 Å². The number of benzene rings is 2. The highest BCUT2D eigenvalue weighted by Gasteiger charge is 2.42. The van der Waals surface area contributed by atoms with Crippen molar-refractivity contribution in [3.05, 3.63) is 63.6 Å². The number of carbonyl (C=O) groups excluding carboxylic acids is 2. The van der Waals surface area contributed by atoms with Crippen LogP contribution in [-0.2, 0) is 6.18 Å². The molecule has 7 heteroatoms. The van der Waals surface area contributed by atoms with Gasteiger partial charge in [-0.3, -0.25) is 9.59 Å². The van der Waals surface area contributed by atoms with Gasteiger partial charge in [0, 0.05) is 4.47 Å². The Balaban J connectivity index is 2.20. The van der Waals surface area contributed by atoms with Crippen LogP contribution in [0.4, 0.5) is 18.9 Å². The van der Waals surface area contributed by atoms with Crippen LogP contribution in [0.2, 0.25) is 0 Å². The largest absolute Gasteiger partial charge is 0.418 e. The molecule has 3 nitrogen and oxygen atoms in total. The topological polar surface area (TPSA) is 37.4 Å². The lowest BCUT2D eigenvalue weighted by Gasteiger charge is -2.20. The van der Waals surface area contributed by atoms with Crippen LogP contribution in [0, 0.1) is 0 Å². The van der Waals surface area contributed by atoms with Crippen LogP contribution >= 0.6 is 15.9 Å². The zero-order chi connectivity index (χ0) is 16.1. The van der Waals surface area contributed by atoms with Crippen molar-refractivity contribution in [1.29, 1.82) is 0 Å². The van der Waals surface area contributed by atoms with Crippen LogP contribution in [0.25, 0.3) is 0 Å². The van der Waals surface area contributed by atoms with Crippen LogP contribution in [0.1, 0.15) is 26.3 Å². The highest BCUT2D eigenvalue weighted by Crippen LogP contribution is 2.40. The number of halogens is 4. The Morgan fingerprint density at radius 1 is 0.909 bits per heavy atom. The molecule has 1 aliphatic heterocycles. The molecule has 0 N–H and O–H groups in total. The van der Waals surface area contributed by atoms with Gasteiger partial charge in [-0.1, -0.05) is 28.1 Å². The van der Waals surface area contributed by atoms with Crippen molar-refractivity contribution in [3.63, 3.8) is 0 Å². The fourth-order valence-electron chi connectivity index (χ4n) is 2.34. The summed E-state index contributed by atoms with van der Waals surface area (Å²) in [6.45, 7) is 0. The van der Waals surface area contributed by atoms with Crippen LogP contribution < -0.4 is 4.90 Å². The zero-order valence-corrected chi connectivity index (χ0v) is 12.4. The maximum absolute atomic E-state index is 13.2. The van der Waals surface area contributed by atoms with Gasteiger partial charge in [0.25, 0.3) is 11.8 Å². The number of hydrogen-bond acceptors (Lipinski definition) is 2. The van der Waals surface area contributed by atoms with Crippen molar-refractivity contribution < 1.29 is 22.8 Å². The summed E-state index contributed by atoms with van der Waals surface area (Å²) < 4.78 is 39.8. The monoisotopic (exact) mass is 369 g/mol. The lowest BCUT2D eigenvalue weighted by molar-refractivity contribution is -0.137. The molecule has 0 radical (unpaired) electrons. The minimum Gasteiger partial charge on any atom is -0.268 e. The third-order valence-electron chi connectivity index (χ3n) is 3.30. The summed E-state index contributed by atoms with van der Waals surface area (Å²) >= 11 is 3.07. The van der Waals surface area contributed by atoms with E-state index in [2.05, 4.69) is 15.9 Å². The number of fused-ring (bicyclic) bond motifs is 1. The first kappa shape index (κ1) is 14.8. The van der Waals surface area contributed by atoms with Crippen molar-refractivity contribution in [2.24, 2.45) is 0 Å². The standard InChI is InChI=1S/C15H7BrF3NO2/c16-8-5-6-11(15(17,18)19)12(7-8)20-13(21)9-3-1-2-4-10(9)14(20)22/h1-7H. The van der Waals surface area contributed by atoms with E-state index < -0.39 is 29.2 Å². The highest BCUT2D eigenvalue weighted by atomic mass is 79.9. The minimum absolute atomic E-state index is 0.0978. The number of anilines is 1. The molecular formula is C15H7BrF3NO2. The number of imide groups is 1. The summed E-state index contributed by atoms with van der Waals surface area (Å²) in [6, 6.07) is 9.11. The van der Waals surface area contributed by atoms with Crippen LogP contribution in [0.5, 0.6) is 0 Å². The van der Waals surface area contributed by atoms with Gasteiger partial charge in [-0.2, -0.15) is 13.2 Å². The third kappa shape index (κ3) is 2.21. The zero-order valence-electron chi connectivity index (χ0n) is 10.8. The molecule has 0 spiro atoms. The number of nitrogens with zero attached hydrogens (tertiary/aromatic N) is 1.